The van der Waals surface area contributed by atoms with Crippen molar-refractivity contribution in [2.24, 2.45) is 0 Å². The fourth-order valence-corrected chi connectivity index (χ4v) is 2.91. The molecule has 2 N–H and O–H groups in total. The number of aryl methyl sites for hydroxylation is 1. The number of aromatic carboxylic acids is 1. The van der Waals surface area contributed by atoms with Crippen molar-refractivity contribution in [2.45, 2.75) is 26.2 Å². The molecule has 2 aromatic heterocycles. The van der Waals surface area contributed by atoms with E-state index in [0.29, 0.717) is 12.2 Å². The zero-order valence-corrected chi connectivity index (χ0v) is 13.5. The van der Waals surface area contributed by atoms with Crippen molar-refractivity contribution < 1.29 is 14.7 Å². The predicted octanol–water partition coefficient (Wildman–Crippen LogP) is 2.86. The molecule has 22 heavy (non-hydrogen) atoms. The van der Waals surface area contributed by atoms with Gasteiger partial charge in [-0.3, -0.25) is 4.79 Å². The number of carbonyl (C=O) groups is 2. The second-order valence-electron chi connectivity index (χ2n) is 5.68. The number of nitrogens with zero attached hydrogens (tertiary/aromatic N) is 1. The number of nitrogens with one attached hydrogen (secondary N) is 1. The van der Waals surface area contributed by atoms with Crippen LogP contribution >= 0.6 is 11.3 Å². The fourth-order valence-electron chi connectivity index (χ4n) is 2.06. The lowest BCUT2D eigenvalue weighted by Gasteiger charge is -2.23. The van der Waals surface area contributed by atoms with Gasteiger partial charge in [0.1, 0.15) is 5.69 Å². The third-order valence-corrected chi connectivity index (χ3v) is 4.66. The van der Waals surface area contributed by atoms with Crippen LogP contribution in [0.4, 0.5) is 0 Å². The van der Waals surface area contributed by atoms with E-state index in [9.17, 15) is 9.59 Å². The molecule has 1 amide bonds. The fraction of sp³-hybridized carbons (Fsp3) is 0.312. The lowest BCUT2D eigenvalue weighted by atomic mass is 9.91. The number of rotatable bonds is 5. The van der Waals surface area contributed by atoms with Crippen LogP contribution in [0.1, 0.15) is 45.3 Å². The molecule has 0 saturated carbocycles. The van der Waals surface area contributed by atoms with E-state index in [4.69, 9.17) is 5.11 Å². The normalized spacial score (nSPS) is 11.2. The number of pyridine rings is 1. The summed E-state index contributed by atoms with van der Waals surface area (Å²) in [6, 6.07) is 6.87. The highest BCUT2D eigenvalue weighted by atomic mass is 32.1. The van der Waals surface area contributed by atoms with E-state index in [1.807, 2.05) is 17.5 Å². The Morgan fingerprint density at radius 3 is 2.59 bits per heavy atom. The average Bonchev–Trinajstić information content (AvgIpc) is 2.99. The van der Waals surface area contributed by atoms with Gasteiger partial charge in [-0.25, -0.2) is 9.78 Å². The molecule has 0 aliphatic heterocycles. The number of carbonyl (C=O) groups excluding carboxylic acids is 1. The highest BCUT2D eigenvalue weighted by Gasteiger charge is 2.23. The molecule has 0 aliphatic rings. The van der Waals surface area contributed by atoms with Crippen LogP contribution in [-0.2, 0) is 5.41 Å². The number of thiophene rings is 1. The second-order valence-corrected chi connectivity index (χ2v) is 6.63. The van der Waals surface area contributed by atoms with Gasteiger partial charge in [0.05, 0.1) is 11.3 Å². The highest BCUT2D eigenvalue weighted by molar-refractivity contribution is 7.10. The molecule has 0 unspecified atom stereocenters. The minimum absolute atomic E-state index is 0.107. The summed E-state index contributed by atoms with van der Waals surface area (Å²) in [7, 11) is 0. The van der Waals surface area contributed by atoms with Crippen molar-refractivity contribution in [3.05, 3.63) is 51.5 Å². The number of amides is 1. The van der Waals surface area contributed by atoms with Gasteiger partial charge in [-0.15, -0.1) is 11.3 Å². The summed E-state index contributed by atoms with van der Waals surface area (Å²) in [5.41, 5.74) is 0.498. The molecule has 0 aliphatic carbocycles. The van der Waals surface area contributed by atoms with Crippen LogP contribution in [0.2, 0.25) is 0 Å². The first kappa shape index (κ1) is 16.2. The molecule has 5 nitrogen and oxygen atoms in total. The Balaban J connectivity index is 2.07. The first-order valence-electron chi connectivity index (χ1n) is 6.84. The van der Waals surface area contributed by atoms with Gasteiger partial charge in [0.2, 0.25) is 0 Å². The molecule has 0 saturated heterocycles. The van der Waals surface area contributed by atoms with Crippen LogP contribution in [0.25, 0.3) is 0 Å². The van der Waals surface area contributed by atoms with E-state index >= 15 is 0 Å². The summed E-state index contributed by atoms with van der Waals surface area (Å²) < 4.78 is 0. The molecule has 0 atom stereocenters. The van der Waals surface area contributed by atoms with Crippen molar-refractivity contribution in [3.8, 4) is 0 Å². The Kier molecular flexibility index (Phi) is 4.61. The van der Waals surface area contributed by atoms with E-state index in [-0.39, 0.29) is 22.6 Å². The third-order valence-electron chi connectivity index (χ3n) is 3.43. The largest absolute Gasteiger partial charge is 0.478 e. The van der Waals surface area contributed by atoms with Gasteiger partial charge in [0.25, 0.3) is 5.91 Å². The van der Waals surface area contributed by atoms with Crippen LogP contribution < -0.4 is 5.32 Å². The first-order valence-corrected chi connectivity index (χ1v) is 7.72. The Morgan fingerprint density at radius 2 is 2.05 bits per heavy atom. The lowest BCUT2D eigenvalue weighted by Crippen LogP contribution is -2.36. The molecule has 116 valence electrons. The van der Waals surface area contributed by atoms with E-state index in [2.05, 4.69) is 24.1 Å². The monoisotopic (exact) mass is 318 g/mol. The molecule has 0 spiro atoms. The van der Waals surface area contributed by atoms with Crippen LogP contribution in [-0.4, -0.2) is 28.5 Å². The molecular formula is C16H18N2O3S. The lowest BCUT2D eigenvalue weighted by molar-refractivity contribution is 0.0694. The van der Waals surface area contributed by atoms with Crippen molar-refractivity contribution in [2.75, 3.05) is 6.54 Å². The molecule has 6 heteroatoms. The molecular weight excluding hydrogens is 300 g/mol. The van der Waals surface area contributed by atoms with E-state index < -0.39 is 5.97 Å². The van der Waals surface area contributed by atoms with Crippen LogP contribution in [0.3, 0.4) is 0 Å². The summed E-state index contributed by atoms with van der Waals surface area (Å²) in [5, 5.41) is 13.8. The van der Waals surface area contributed by atoms with Crippen LogP contribution in [0.5, 0.6) is 0 Å². The average molecular weight is 318 g/mol. The predicted molar refractivity (Wildman–Crippen MR) is 85.6 cm³/mol. The maximum Gasteiger partial charge on any atom is 0.337 e. The summed E-state index contributed by atoms with van der Waals surface area (Å²) >= 11 is 1.65. The summed E-state index contributed by atoms with van der Waals surface area (Å²) in [6.07, 6.45) is 0. The standard InChI is InChI=1S/C16H18N2O3S/c1-10-11(15(20)21)6-7-12(18-10)14(19)17-9-16(2,3)13-5-4-8-22-13/h4-8H,9H2,1-3H3,(H,17,19)(H,20,21). The van der Waals surface area contributed by atoms with Crippen LogP contribution in [0, 0.1) is 6.92 Å². The number of hydrogen-bond donors (Lipinski definition) is 2. The maximum atomic E-state index is 12.2. The molecule has 0 radical (unpaired) electrons. The summed E-state index contributed by atoms with van der Waals surface area (Å²) in [4.78, 5) is 28.4. The smallest absolute Gasteiger partial charge is 0.337 e. The molecule has 0 aromatic carbocycles. The first-order chi connectivity index (χ1) is 10.3. The SMILES string of the molecule is Cc1nc(C(=O)NCC(C)(C)c2cccs2)ccc1C(=O)O. The number of hydrogen-bond acceptors (Lipinski definition) is 4. The van der Waals surface area contributed by atoms with Crippen LogP contribution in [0.15, 0.2) is 29.6 Å². The quantitative estimate of drug-likeness (QED) is 0.888. The number of aromatic nitrogens is 1. The van der Waals surface area contributed by atoms with Crippen molar-refractivity contribution in [3.63, 3.8) is 0 Å². The van der Waals surface area contributed by atoms with Gasteiger partial charge < -0.3 is 10.4 Å². The van der Waals surface area contributed by atoms with E-state index in [1.165, 1.54) is 17.0 Å². The Morgan fingerprint density at radius 1 is 1.32 bits per heavy atom. The summed E-state index contributed by atoms with van der Waals surface area (Å²) in [5.74, 6) is -1.35. The zero-order valence-electron chi connectivity index (χ0n) is 12.7. The minimum Gasteiger partial charge on any atom is -0.478 e. The Labute approximate surface area is 133 Å². The van der Waals surface area contributed by atoms with Gasteiger partial charge in [-0.05, 0) is 30.5 Å². The topological polar surface area (TPSA) is 79.3 Å². The van der Waals surface area contributed by atoms with Gasteiger partial charge in [0, 0.05) is 16.8 Å². The molecule has 0 fully saturated rings. The van der Waals surface area contributed by atoms with E-state index in [1.54, 1.807) is 18.3 Å². The zero-order chi connectivity index (χ0) is 16.3. The van der Waals surface area contributed by atoms with Gasteiger partial charge in [-0.2, -0.15) is 0 Å². The maximum absolute atomic E-state index is 12.2. The number of carboxylic acids is 1. The minimum atomic E-state index is -1.05. The Hall–Kier alpha value is -2.21. The number of carboxylic acid groups (broad SMARTS) is 1. The van der Waals surface area contributed by atoms with Gasteiger partial charge >= 0.3 is 5.97 Å². The van der Waals surface area contributed by atoms with Crippen molar-refractivity contribution in [1.82, 2.24) is 10.3 Å². The Bertz CT molecular complexity index is 693. The summed E-state index contributed by atoms with van der Waals surface area (Å²) in [6.45, 7) is 6.18. The molecule has 0 bridgehead atoms. The van der Waals surface area contributed by atoms with Gasteiger partial charge in [-0.1, -0.05) is 19.9 Å². The second kappa shape index (κ2) is 6.27. The van der Waals surface area contributed by atoms with Gasteiger partial charge in [0.15, 0.2) is 0 Å². The van der Waals surface area contributed by atoms with E-state index in [0.717, 1.165) is 0 Å². The molecule has 2 aromatic rings. The molecule has 2 heterocycles. The van der Waals surface area contributed by atoms with Crippen molar-refractivity contribution >= 4 is 23.2 Å². The van der Waals surface area contributed by atoms with Crippen molar-refractivity contribution in [1.29, 1.82) is 0 Å². The molecule has 2 rings (SSSR count). The highest BCUT2D eigenvalue weighted by Crippen LogP contribution is 2.26. The third kappa shape index (κ3) is 3.51.